The van der Waals surface area contributed by atoms with Gasteiger partial charge in [0.1, 0.15) is 0 Å². The Kier molecular flexibility index (Phi) is 4.82. The molecule has 27 heavy (non-hydrogen) atoms. The third-order valence-electron chi connectivity index (χ3n) is 5.50. The number of hydrogen-bond acceptors (Lipinski definition) is 5. The van der Waals surface area contributed by atoms with Crippen LogP contribution < -0.4 is 20.1 Å². The number of nitrogens with one attached hydrogen (secondary N) is 2. The summed E-state index contributed by atoms with van der Waals surface area (Å²) in [5, 5.41) is 5.75. The molecule has 3 amide bonds. The van der Waals surface area contributed by atoms with Crippen molar-refractivity contribution in [3.63, 3.8) is 0 Å². The Morgan fingerprint density at radius 2 is 1.96 bits per heavy atom. The first-order chi connectivity index (χ1) is 13.0. The van der Waals surface area contributed by atoms with E-state index >= 15 is 0 Å². The Morgan fingerprint density at radius 1 is 1.19 bits per heavy atom. The van der Waals surface area contributed by atoms with Crippen molar-refractivity contribution in [2.45, 2.75) is 44.3 Å². The molecule has 3 aliphatic heterocycles. The zero-order chi connectivity index (χ0) is 18.9. The van der Waals surface area contributed by atoms with Gasteiger partial charge in [-0.05, 0) is 37.8 Å². The molecule has 1 spiro atoms. The summed E-state index contributed by atoms with van der Waals surface area (Å²) >= 11 is 0. The van der Waals surface area contributed by atoms with Crippen LogP contribution in [-0.2, 0) is 9.53 Å². The lowest BCUT2D eigenvalue weighted by molar-refractivity contribution is -0.120. The van der Waals surface area contributed by atoms with Gasteiger partial charge in [0, 0.05) is 38.3 Å². The van der Waals surface area contributed by atoms with Crippen molar-refractivity contribution in [3.8, 4) is 11.5 Å². The number of fused-ring (bicyclic) bond motifs is 1. The fraction of sp³-hybridized carbons (Fsp3) is 0.579. The van der Waals surface area contributed by atoms with E-state index in [0.717, 1.165) is 25.7 Å². The summed E-state index contributed by atoms with van der Waals surface area (Å²) < 4.78 is 16.9. The number of ether oxygens (including phenoxy) is 3. The molecule has 0 aliphatic carbocycles. The van der Waals surface area contributed by atoms with Gasteiger partial charge in [-0.25, -0.2) is 4.79 Å². The highest BCUT2D eigenvalue weighted by Gasteiger charge is 2.43. The number of hydrogen-bond donors (Lipinski definition) is 2. The van der Waals surface area contributed by atoms with Crippen molar-refractivity contribution in [1.29, 1.82) is 0 Å². The van der Waals surface area contributed by atoms with E-state index in [9.17, 15) is 9.59 Å². The maximum absolute atomic E-state index is 12.6. The minimum Gasteiger partial charge on any atom is -0.454 e. The van der Waals surface area contributed by atoms with E-state index in [1.54, 1.807) is 12.1 Å². The molecule has 2 saturated heterocycles. The lowest BCUT2D eigenvalue weighted by Crippen LogP contribution is -2.48. The van der Waals surface area contributed by atoms with Gasteiger partial charge in [0.05, 0.1) is 11.7 Å². The molecule has 0 bridgehead atoms. The predicted octanol–water partition coefficient (Wildman–Crippen LogP) is 2.10. The summed E-state index contributed by atoms with van der Waals surface area (Å²) in [5.41, 5.74) is 0.538. The van der Waals surface area contributed by atoms with Crippen LogP contribution in [0.5, 0.6) is 11.5 Å². The fourth-order valence-corrected chi connectivity index (χ4v) is 3.96. The minimum absolute atomic E-state index is 0.0328. The molecule has 1 aromatic carbocycles. The number of carbonyl (C=O) groups is 2. The van der Waals surface area contributed by atoms with Crippen molar-refractivity contribution in [1.82, 2.24) is 10.2 Å². The quantitative estimate of drug-likeness (QED) is 0.845. The Balaban J connectivity index is 1.28. The smallest absolute Gasteiger partial charge is 0.321 e. The first-order valence-electron chi connectivity index (χ1n) is 9.41. The molecule has 146 valence electrons. The van der Waals surface area contributed by atoms with Gasteiger partial charge in [0.15, 0.2) is 11.5 Å². The molecule has 0 radical (unpaired) electrons. The number of amides is 3. The molecule has 1 atom stereocenters. The fourth-order valence-electron chi connectivity index (χ4n) is 3.96. The van der Waals surface area contributed by atoms with Gasteiger partial charge >= 0.3 is 6.03 Å². The van der Waals surface area contributed by atoms with Crippen LogP contribution in [0.1, 0.15) is 32.6 Å². The second kappa shape index (κ2) is 7.26. The van der Waals surface area contributed by atoms with Crippen LogP contribution in [0.2, 0.25) is 0 Å². The van der Waals surface area contributed by atoms with Gasteiger partial charge in [-0.1, -0.05) is 0 Å². The van der Waals surface area contributed by atoms with E-state index in [-0.39, 0.29) is 30.4 Å². The third kappa shape index (κ3) is 3.95. The Morgan fingerprint density at radius 3 is 2.74 bits per heavy atom. The summed E-state index contributed by atoms with van der Waals surface area (Å²) in [5.74, 6) is 1.31. The molecule has 2 fully saturated rings. The Labute approximate surface area is 158 Å². The highest BCUT2D eigenvalue weighted by atomic mass is 16.7. The van der Waals surface area contributed by atoms with Crippen molar-refractivity contribution in [3.05, 3.63) is 18.2 Å². The van der Waals surface area contributed by atoms with Crippen LogP contribution in [-0.4, -0.2) is 55.0 Å². The zero-order valence-corrected chi connectivity index (χ0v) is 15.5. The monoisotopic (exact) mass is 375 g/mol. The summed E-state index contributed by atoms with van der Waals surface area (Å²) in [6.07, 6.45) is 3.64. The minimum atomic E-state index is -0.154. The summed E-state index contributed by atoms with van der Waals surface area (Å²) in [6, 6.07) is 5.27. The standard InChI is InChI=1S/C19H25N3O5/c1-13(23)20-11-15-4-5-19(27-15)6-8-22(9-7-19)18(24)21-14-2-3-16-17(10-14)26-12-25-16/h2-3,10,15H,4-9,11-12H2,1H3,(H,20,23)(H,21,24). The number of rotatable bonds is 3. The zero-order valence-electron chi connectivity index (χ0n) is 15.5. The first-order valence-corrected chi connectivity index (χ1v) is 9.41. The molecule has 0 aromatic heterocycles. The van der Waals surface area contributed by atoms with Gasteiger partial charge < -0.3 is 29.7 Å². The number of nitrogens with zero attached hydrogens (tertiary/aromatic N) is 1. The summed E-state index contributed by atoms with van der Waals surface area (Å²) in [6.45, 7) is 3.60. The molecule has 1 aromatic rings. The molecular formula is C19H25N3O5. The van der Waals surface area contributed by atoms with Gasteiger partial charge in [-0.2, -0.15) is 0 Å². The maximum Gasteiger partial charge on any atom is 0.321 e. The number of benzene rings is 1. The van der Waals surface area contributed by atoms with Crippen LogP contribution in [0.3, 0.4) is 0 Å². The molecule has 8 heteroatoms. The van der Waals surface area contributed by atoms with Crippen molar-refractivity contribution in [2.24, 2.45) is 0 Å². The van der Waals surface area contributed by atoms with Crippen LogP contribution >= 0.6 is 0 Å². The number of likely N-dealkylation sites (tertiary alicyclic amines) is 1. The molecular weight excluding hydrogens is 350 g/mol. The highest BCUT2D eigenvalue weighted by Crippen LogP contribution is 2.39. The van der Waals surface area contributed by atoms with Crippen LogP contribution in [0.15, 0.2) is 18.2 Å². The van der Waals surface area contributed by atoms with E-state index in [2.05, 4.69) is 10.6 Å². The topological polar surface area (TPSA) is 89.1 Å². The molecule has 4 rings (SSSR count). The van der Waals surface area contributed by atoms with E-state index < -0.39 is 0 Å². The first kappa shape index (κ1) is 17.9. The van der Waals surface area contributed by atoms with E-state index in [1.807, 2.05) is 11.0 Å². The average Bonchev–Trinajstić information content (AvgIpc) is 3.27. The highest BCUT2D eigenvalue weighted by molar-refractivity contribution is 5.89. The molecule has 2 N–H and O–H groups in total. The van der Waals surface area contributed by atoms with Gasteiger partial charge in [-0.3, -0.25) is 4.79 Å². The van der Waals surface area contributed by atoms with E-state index in [1.165, 1.54) is 6.92 Å². The van der Waals surface area contributed by atoms with E-state index in [4.69, 9.17) is 14.2 Å². The number of piperidine rings is 1. The number of urea groups is 1. The van der Waals surface area contributed by atoms with Gasteiger partial charge in [0.25, 0.3) is 0 Å². The predicted molar refractivity (Wildman–Crippen MR) is 97.9 cm³/mol. The molecule has 3 aliphatic rings. The molecule has 8 nitrogen and oxygen atoms in total. The normalized spacial score (nSPS) is 22.7. The number of anilines is 1. The maximum atomic E-state index is 12.6. The second-order valence-corrected chi connectivity index (χ2v) is 7.38. The largest absolute Gasteiger partial charge is 0.454 e. The molecule has 3 heterocycles. The molecule has 0 saturated carbocycles. The van der Waals surface area contributed by atoms with Crippen molar-refractivity contribution in [2.75, 3.05) is 31.7 Å². The summed E-state index contributed by atoms with van der Waals surface area (Å²) in [7, 11) is 0. The average molecular weight is 375 g/mol. The van der Waals surface area contributed by atoms with Crippen LogP contribution in [0.4, 0.5) is 10.5 Å². The van der Waals surface area contributed by atoms with Gasteiger partial charge in [0.2, 0.25) is 12.7 Å². The van der Waals surface area contributed by atoms with Crippen LogP contribution in [0.25, 0.3) is 0 Å². The third-order valence-corrected chi connectivity index (χ3v) is 5.50. The number of carbonyl (C=O) groups excluding carboxylic acids is 2. The lowest BCUT2D eigenvalue weighted by atomic mass is 9.88. The van der Waals surface area contributed by atoms with E-state index in [0.29, 0.717) is 36.8 Å². The Bertz CT molecular complexity index is 730. The lowest BCUT2D eigenvalue weighted by Gasteiger charge is -2.39. The Hall–Kier alpha value is -2.48. The van der Waals surface area contributed by atoms with Crippen molar-refractivity contribution < 1.29 is 23.8 Å². The van der Waals surface area contributed by atoms with Gasteiger partial charge in [-0.15, -0.1) is 0 Å². The van der Waals surface area contributed by atoms with Crippen molar-refractivity contribution >= 4 is 17.6 Å². The SMILES string of the molecule is CC(=O)NCC1CCC2(CCN(C(=O)Nc3ccc4c(c3)OCO4)CC2)O1. The second-order valence-electron chi connectivity index (χ2n) is 7.38. The molecule has 1 unspecified atom stereocenters. The summed E-state index contributed by atoms with van der Waals surface area (Å²) in [4.78, 5) is 25.5. The van der Waals surface area contributed by atoms with Crippen LogP contribution in [0, 0.1) is 0 Å².